The lowest BCUT2D eigenvalue weighted by Crippen LogP contribution is -3.00. The van der Waals surface area contributed by atoms with Crippen LogP contribution in [0.4, 0.5) is 0 Å². The Morgan fingerprint density at radius 2 is 1.13 bits per heavy atom. The van der Waals surface area contributed by atoms with Gasteiger partial charge in [0.2, 0.25) is 24.1 Å². The minimum atomic E-state index is -1.82. The molecule has 47 heavy (non-hydrogen) atoms. The maximum absolute atomic E-state index is 10.7. The fraction of sp³-hybridized carbons (Fsp3) is 0.483. The largest absolute Gasteiger partial charge is 1.00 e. The Bertz CT molecular complexity index is 1510. The number of ether oxygens (including phenoxy) is 6. The zero-order chi connectivity index (χ0) is 33.4. The highest BCUT2D eigenvalue weighted by molar-refractivity contribution is 5.89. The van der Waals surface area contributed by atoms with Gasteiger partial charge in [-0.2, -0.15) is 0 Å². The van der Waals surface area contributed by atoms with Gasteiger partial charge in [-0.25, -0.2) is 4.42 Å². The minimum absolute atomic E-state index is 0. The van der Waals surface area contributed by atoms with Gasteiger partial charge in [-0.3, -0.25) is 0 Å². The van der Waals surface area contributed by atoms with Gasteiger partial charge in [-0.1, -0.05) is 0 Å². The molecule has 0 spiro atoms. The van der Waals surface area contributed by atoms with Crippen LogP contribution in [0.1, 0.15) is 0 Å². The second-order valence-electron chi connectivity index (χ2n) is 10.7. The van der Waals surface area contributed by atoms with Crippen LogP contribution in [-0.4, -0.2) is 140 Å². The first-order valence-electron chi connectivity index (χ1n) is 14.0. The van der Waals surface area contributed by atoms with Gasteiger partial charge < -0.3 is 91.9 Å². The Hall–Kier alpha value is -3.46. The van der Waals surface area contributed by atoms with Gasteiger partial charge in [0.1, 0.15) is 65.7 Å². The highest BCUT2D eigenvalue weighted by Gasteiger charge is 2.47. The summed E-state index contributed by atoms with van der Waals surface area (Å²) < 4.78 is 39.3. The molecule has 0 amide bonds. The number of rotatable bonds is 9. The van der Waals surface area contributed by atoms with Crippen LogP contribution in [-0.2, 0) is 9.47 Å². The number of phenols is 2. The van der Waals surface area contributed by atoms with Crippen LogP contribution < -0.4 is 31.4 Å². The summed E-state index contributed by atoms with van der Waals surface area (Å²) in [4.78, 5) is 0. The summed E-state index contributed by atoms with van der Waals surface area (Å²) >= 11 is 0. The normalized spacial score (nSPS) is 30.8. The molecule has 5 rings (SSSR count). The van der Waals surface area contributed by atoms with E-state index in [1.54, 1.807) is 0 Å². The first-order chi connectivity index (χ1) is 21.9. The zero-order valence-corrected chi connectivity index (χ0v) is 25.5. The van der Waals surface area contributed by atoms with Crippen LogP contribution in [0.3, 0.4) is 0 Å². The van der Waals surface area contributed by atoms with Crippen LogP contribution >= 0.6 is 0 Å². The van der Waals surface area contributed by atoms with E-state index in [1.165, 1.54) is 38.5 Å². The standard InChI is InChI=1S/C29H34O17.ClH/c1-40-15-3-10(4-16(41-2)20(15)33)27-17(44-29-26(39)24(37)22(35)19(9-31)46-29)7-12-13(42-27)5-11(32)6-14(12)43-28-25(38)23(36)21(34)18(8-30)45-28;/h3-7,18-19,21-26,28-31,34-39H,8-9H2,1-2H3,(H-,32,33);1H. The number of methoxy groups -OCH3 is 2. The van der Waals surface area contributed by atoms with Crippen molar-refractivity contribution in [3.05, 3.63) is 30.3 Å². The van der Waals surface area contributed by atoms with Crippen LogP contribution in [0.5, 0.6) is 34.5 Å². The molecule has 2 fully saturated rings. The van der Waals surface area contributed by atoms with Gasteiger partial charge in [-0.15, -0.1) is 0 Å². The smallest absolute Gasteiger partial charge is 0.402 e. The van der Waals surface area contributed by atoms with Crippen molar-refractivity contribution in [3.8, 4) is 45.8 Å². The van der Waals surface area contributed by atoms with Crippen molar-refractivity contribution in [1.82, 2.24) is 0 Å². The quantitative estimate of drug-likeness (QED) is 0.0944. The van der Waals surface area contributed by atoms with Crippen LogP contribution in [0.2, 0.25) is 0 Å². The van der Waals surface area contributed by atoms with Gasteiger partial charge in [-0.05, 0) is 0 Å². The first-order valence-corrected chi connectivity index (χ1v) is 14.0. The van der Waals surface area contributed by atoms with E-state index in [1.807, 2.05) is 0 Å². The average molecular weight is 691 g/mol. The molecular formula is C29H35ClO17. The summed E-state index contributed by atoms with van der Waals surface area (Å²) in [5.41, 5.74) is 0.120. The number of aromatic hydroxyl groups is 2. The summed E-state index contributed by atoms with van der Waals surface area (Å²) in [6, 6.07) is 6.34. The maximum Gasteiger partial charge on any atom is 0.402 e. The molecule has 2 aliphatic heterocycles. The summed E-state index contributed by atoms with van der Waals surface area (Å²) in [6.45, 7) is -1.45. The average Bonchev–Trinajstić information content (AvgIpc) is 3.05. The van der Waals surface area contributed by atoms with Crippen molar-refractivity contribution in [1.29, 1.82) is 0 Å². The van der Waals surface area contributed by atoms with E-state index in [9.17, 15) is 51.1 Å². The molecule has 3 heterocycles. The lowest BCUT2D eigenvalue weighted by atomic mass is 9.99. The van der Waals surface area contributed by atoms with Crippen molar-refractivity contribution >= 4 is 11.0 Å². The summed E-state index contributed by atoms with van der Waals surface area (Å²) in [6.07, 6.45) is -16.5. The van der Waals surface area contributed by atoms with Gasteiger partial charge in [0.05, 0.1) is 39.1 Å². The monoisotopic (exact) mass is 690 g/mol. The Balaban J connectivity index is 0.00000500. The van der Waals surface area contributed by atoms with E-state index in [0.717, 1.165) is 6.07 Å². The third-order valence-corrected chi connectivity index (χ3v) is 7.73. The number of hydrogen-bond acceptors (Lipinski definition) is 16. The number of fused-ring (bicyclic) bond motifs is 1. The lowest BCUT2D eigenvalue weighted by molar-refractivity contribution is -0.277. The SMILES string of the molecule is COc1cc(-c2[o+]c3cc(O)cc(OC4OC(CO)C(O)C(O)C4O)c3cc2OC2OC(CO)C(O)C(O)C2O)cc(OC)c1O.[Cl-]. The molecule has 0 radical (unpaired) electrons. The van der Waals surface area contributed by atoms with Crippen molar-refractivity contribution in [2.75, 3.05) is 27.4 Å². The number of phenolic OH excluding ortho intramolecular Hbond substituents is 2. The molecule has 10 atom stereocenters. The van der Waals surface area contributed by atoms with Gasteiger partial charge in [0, 0.05) is 24.3 Å². The van der Waals surface area contributed by atoms with E-state index < -0.39 is 74.6 Å². The molecule has 2 aromatic carbocycles. The number of halogens is 1. The second-order valence-corrected chi connectivity index (χ2v) is 10.7. The van der Waals surface area contributed by atoms with Crippen molar-refractivity contribution in [2.24, 2.45) is 0 Å². The van der Waals surface area contributed by atoms with Crippen LogP contribution in [0, 0.1) is 0 Å². The molecule has 3 aromatic rings. The van der Waals surface area contributed by atoms with E-state index in [0.29, 0.717) is 0 Å². The van der Waals surface area contributed by atoms with Crippen molar-refractivity contribution in [2.45, 2.75) is 61.4 Å². The fourth-order valence-electron chi connectivity index (χ4n) is 5.16. The highest BCUT2D eigenvalue weighted by Crippen LogP contribution is 2.46. The Labute approximate surface area is 272 Å². The summed E-state index contributed by atoms with van der Waals surface area (Å²) in [7, 11) is 2.59. The number of aliphatic hydroxyl groups is 8. The Kier molecular flexibility index (Phi) is 11.4. The predicted molar refractivity (Wildman–Crippen MR) is 151 cm³/mol. The molecule has 0 bridgehead atoms. The number of aliphatic hydroxyl groups excluding tert-OH is 8. The topological polar surface area (TPSA) is 269 Å². The molecule has 2 saturated heterocycles. The molecule has 18 heteroatoms. The van der Waals surface area contributed by atoms with E-state index in [2.05, 4.69) is 0 Å². The molecular weight excluding hydrogens is 656 g/mol. The third kappa shape index (κ3) is 6.92. The van der Waals surface area contributed by atoms with E-state index in [4.69, 9.17) is 32.8 Å². The molecule has 0 aliphatic carbocycles. The lowest BCUT2D eigenvalue weighted by Gasteiger charge is -2.39. The van der Waals surface area contributed by atoms with Crippen LogP contribution in [0.15, 0.2) is 34.7 Å². The highest BCUT2D eigenvalue weighted by atomic mass is 35.5. The van der Waals surface area contributed by atoms with Gasteiger partial charge in [0.15, 0.2) is 11.5 Å². The predicted octanol–water partition coefficient (Wildman–Crippen LogP) is -4.83. The fourth-order valence-corrected chi connectivity index (χ4v) is 5.16. The molecule has 2 aliphatic rings. The summed E-state index contributed by atoms with van der Waals surface area (Å²) in [5, 5.41) is 102. The number of hydrogen-bond donors (Lipinski definition) is 10. The van der Waals surface area contributed by atoms with Crippen molar-refractivity contribution < 1.29 is 96.3 Å². The third-order valence-electron chi connectivity index (χ3n) is 7.73. The molecule has 0 saturated carbocycles. The molecule has 17 nitrogen and oxygen atoms in total. The van der Waals surface area contributed by atoms with Crippen LogP contribution in [0.25, 0.3) is 22.3 Å². The van der Waals surface area contributed by atoms with Gasteiger partial charge >= 0.3 is 11.3 Å². The van der Waals surface area contributed by atoms with E-state index >= 15 is 0 Å². The molecule has 1 aromatic heterocycles. The second kappa shape index (κ2) is 14.8. The minimum Gasteiger partial charge on any atom is -1.00 e. The zero-order valence-electron chi connectivity index (χ0n) is 24.8. The summed E-state index contributed by atoms with van der Waals surface area (Å²) in [5.74, 6) is -1.32. The Morgan fingerprint density at radius 1 is 0.638 bits per heavy atom. The Morgan fingerprint density at radius 3 is 1.60 bits per heavy atom. The number of benzene rings is 2. The molecule has 10 N–H and O–H groups in total. The first kappa shape index (κ1) is 36.4. The molecule has 10 unspecified atom stereocenters. The molecule has 260 valence electrons. The van der Waals surface area contributed by atoms with Gasteiger partial charge in [0.25, 0.3) is 0 Å². The van der Waals surface area contributed by atoms with E-state index in [-0.39, 0.29) is 69.2 Å². The van der Waals surface area contributed by atoms with Crippen molar-refractivity contribution in [3.63, 3.8) is 0 Å². The maximum atomic E-state index is 10.7.